The summed E-state index contributed by atoms with van der Waals surface area (Å²) in [6, 6.07) is 20.6. The normalized spacial score (nSPS) is 10.3. The smallest absolute Gasteiger partial charge is 0.272 e. The summed E-state index contributed by atoms with van der Waals surface area (Å²) in [7, 11) is 0. The van der Waals surface area contributed by atoms with E-state index in [1.165, 1.54) is 0 Å². The number of aromatic nitrogens is 2. The first-order valence-electron chi connectivity index (χ1n) is 8.45. The van der Waals surface area contributed by atoms with E-state index in [9.17, 15) is 9.59 Å². The van der Waals surface area contributed by atoms with Gasteiger partial charge in [0.2, 0.25) is 5.91 Å². The van der Waals surface area contributed by atoms with Crippen molar-refractivity contribution in [2.75, 3.05) is 5.32 Å². The number of nitrogens with zero attached hydrogens (tertiary/aromatic N) is 2. The molecule has 3 rings (SSSR count). The van der Waals surface area contributed by atoms with Gasteiger partial charge in [0.25, 0.3) is 5.91 Å². The molecule has 2 amide bonds. The fourth-order valence-corrected chi connectivity index (χ4v) is 2.45. The molecule has 0 aliphatic heterocycles. The van der Waals surface area contributed by atoms with Crippen molar-refractivity contribution in [3.05, 3.63) is 78.0 Å². The van der Waals surface area contributed by atoms with Crippen molar-refractivity contribution in [1.29, 1.82) is 0 Å². The van der Waals surface area contributed by atoms with E-state index in [-0.39, 0.29) is 17.5 Å². The van der Waals surface area contributed by atoms with Gasteiger partial charge in [0.1, 0.15) is 5.82 Å². The maximum Gasteiger partial charge on any atom is 0.272 e. The zero-order valence-corrected chi connectivity index (χ0v) is 14.5. The van der Waals surface area contributed by atoms with Crippen LogP contribution in [0.15, 0.2) is 66.7 Å². The Labute approximate surface area is 151 Å². The molecule has 3 aromatic rings. The van der Waals surface area contributed by atoms with Crippen LogP contribution in [-0.2, 0) is 11.3 Å². The molecule has 0 radical (unpaired) electrons. The van der Waals surface area contributed by atoms with Crippen LogP contribution in [0, 0.1) is 0 Å². The number of hydrogen-bond acceptors (Lipinski definition) is 3. The summed E-state index contributed by atoms with van der Waals surface area (Å²) < 4.78 is 1.56. The van der Waals surface area contributed by atoms with E-state index in [1.807, 2.05) is 60.7 Å². The highest BCUT2D eigenvalue weighted by Crippen LogP contribution is 2.17. The maximum absolute atomic E-state index is 12.5. The van der Waals surface area contributed by atoms with Crippen LogP contribution in [0.4, 0.5) is 5.82 Å². The Bertz CT molecular complexity index is 889. The summed E-state index contributed by atoms with van der Waals surface area (Å²) in [6.45, 7) is 2.18. The Morgan fingerprint density at radius 2 is 1.65 bits per heavy atom. The molecule has 0 unspecified atom stereocenters. The molecule has 0 spiro atoms. The molecule has 0 atom stereocenters. The molecule has 6 heteroatoms. The van der Waals surface area contributed by atoms with Crippen molar-refractivity contribution in [3.63, 3.8) is 0 Å². The lowest BCUT2D eigenvalue weighted by atomic mass is 10.2. The van der Waals surface area contributed by atoms with E-state index in [2.05, 4.69) is 15.7 Å². The van der Waals surface area contributed by atoms with Crippen LogP contribution in [-0.4, -0.2) is 21.6 Å². The molecule has 26 heavy (non-hydrogen) atoms. The summed E-state index contributed by atoms with van der Waals surface area (Å²) in [4.78, 5) is 24.3. The monoisotopic (exact) mass is 348 g/mol. The van der Waals surface area contributed by atoms with Crippen molar-refractivity contribution in [2.24, 2.45) is 0 Å². The standard InChI is InChI=1S/C20H20N4O2/c1-2-19(25)22-18-13-17(23-24(18)16-11-7-4-8-12-16)20(26)21-14-15-9-5-3-6-10-15/h3-13H,2,14H2,1H3,(H,21,26)(H,22,25). The van der Waals surface area contributed by atoms with Gasteiger partial charge in [-0.1, -0.05) is 55.5 Å². The van der Waals surface area contributed by atoms with E-state index in [0.717, 1.165) is 11.3 Å². The number of amides is 2. The Kier molecular flexibility index (Phi) is 5.43. The Hall–Kier alpha value is -3.41. The lowest BCUT2D eigenvalue weighted by molar-refractivity contribution is -0.115. The van der Waals surface area contributed by atoms with Crippen LogP contribution in [0.1, 0.15) is 29.4 Å². The molecular weight excluding hydrogens is 328 g/mol. The van der Waals surface area contributed by atoms with Gasteiger partial charge in [-0.25, -0.2) is 4.68 Å². The Balaban J connectivity index is 1.83. The van der Waals surface area contributed by atoms with Gasteiger partial charge in [-0.05, 0) is 17.7 Å². The second-order valence-corrected chi connectivity index (χ2v) is 5.73. The average Bonchev–Trinajstić information content (AvgIpc) is 3.11. The van der Waals surface area contributed by atoms with Gasteiger partial charge in [-0.15, -0.1) is 0 Å². The minimum absolute atomic E-state index is 0.140. The van der Waals surface area contributed by atoms with Gasteiger partial charge in [0, 0.05) is 19.0 Å². The molecule has 1 heterocycles. The van der Waals surface area contributed by atoms with Crippen LogP contribution in [0.25, 0.3) is 5.69 Å². The Morgan fingerprint density at radius 3 is 2.31 bits per heavy atom. The van der Waals surface area contributed by atoms with Crippen molar-refractivity contribution in [2.45, 2.75) is 19.9 Å². The third-order valence-corrected chi connectivity index (χ3v) is 3.83. The predicted octanol–water partition coefficient (Wildman–Crippen LogP) is 3.15. The second-order valence-electron chi connectivity index (χ2n) is 5.73. The van der Waals surface area contributed by atoms with Crippen molar-refractivity contribution in [3.8, 4) is 5.69 Å². The minimum Gasteiger partial charge on any atom is -0.347 e. The fourth-order valence-electron chi connectivity index (χ4n) is 2.45. The van der Waals surface area contributed by atoms with Crippen LogP contribution in [0.5, 0.6) is 0 Å². The summed E-state index contributed by atoms with van der Waals surface area (Å²) in [5, 5.41) is 10.0. The molecule has 1 aromatic heterocycles. The largest absolute Gasteiger partial charge is 0.347 e. The molecule has 0 bridgehead atoms. The first kappa shape index (κ1) is 17.4. The molecule has 0 saturated heterocycles. The molecule has 2 aromatic carbocycles. The van der Waals surface area contributed by atoms with E-state index in [0.29, 0.717) is 18.8 Å². The number of benzene rings is 2. The second kappa shape index (κ2) is 8.11. The Morgan fingerprint density at radius 1 is 1.00 bits per heavy atom. The highest BCUT2D eigenvalue weighted by atomic mass is 16.2. The quantitative estimate of drug-likeness (QED) is 0.718. The minimum atomic E-state index is -0.296. The van der Waals surface area contributed by atoms with Crippen LogP contribution in [0.3, 0.4) is 0 Å². The number of para-hydroxylation sites is 1. The molecular formula is C20H20N4O2. The molecule has 0 aliphatic rings. The highest BCUT2D eigenvalue weighted by molar-refractivity contribution is 5.95. The summed E-state index contributed by atoms with van der Waals surface area (Å²) in [5.74, 6) is 0.0294. The zero-order valence-electron chi connectivity index (χ0n) is 14.5. The van der Waals surface area contributed by atoms with Gasteiger partial charge < -0.3 is 10.6 Å². The van der Waals surface area contributed by atoms with Gasteiger partial charge in [-0.3, -0.25) is 9.59 Å². The summed E-state index contributed by atoms with van der Waals surface area (Å²) in [5.41, 5.74) is 2.01. The number of rotatable bonds is 6. The lowest BCUT2D eigenvalue weighted by Gasteiger charge is -2.07. The molecule has 2 N–H and O–H groups in total. The average molecular weight is 348 g/mol. The number of hydrogen-bond donors (Lipinski definition) is 2. The molecule has 0 fully saturated rings. The van der Waals surface area contributed by atoms with Crippen molar-refractivity contribution in [1.82, 2.24) is 15.1 Å². The molecule has 132 valence electrons. The third kappa shape index (κ3) is 4.16. The number of carbonyl (C=O) groups is 2. The predicted molar refractivity (Wildman–Crippen MR) is 100 cm³/mol. The molecule has 0 saturated carbocycles. The number of nitrogens with one attached hydrogen (secondary N) is 2. The fraction of sp³-hybridized carbons (Fsp3) is 0.150. The SMILES string of the molecule is CCC(=O)Nc1cc(C(=O)NCc2ccccc2)nn1-c1ccccc1. The molecule has 6 nitrogen and oxygen atoms in total. The van der Waals surface area contributed by atoms with Crippen LogP contribution >= 0.6 is 0 Å². The highest BCUT2D eigenvalue weighted by Gasteiger charge is 2.16. The van der Waals surface area contributed by atoms with Crippen molar-refractivity contribution < 1.29 is 9.59 Å². The van der Waals surface area contributed by atoms with E-state index >= 15 is 0 Å². The van der Waals surface area contributed by atoms with E-state index in [1.54, 1.807) is 17.7 Å². The van der Waals surface area contributed by atoms with Crippen molar-refractivity contribution >= 4 is 17.6 Å². The van der Waals surface area contributed by atoms with E-state index in [4.69, 9.17) is 0 Å². The third-order valence-electron chi connectivity index (χ3n) is 3.83. The van der Waals surface area contributed by atoms with Gasteiger partial charge in [-0.2, -0.15) is 5.10 Å². The van der Waals surface area contributed by atoms with Crippen LogP contribution < -0.4 is 10.6 Å². The zero-order chi connectivity index (χ0) is 18.4. The maximum atomic E-state index is 12.5. The van der Waals surface area contributed by atoms with Gasteiger partial charge >= 0.3 is 0 Å². The van der Waals surface area contributed by atoms with Gasteiger partial charge in [0.05, 0.1) is 5.69 Å². The molecule has 0 aliphatic carbocycles. The summed E-state index contributed by atoms with van der Waals surface area (Å²) >= 11 is 0. The van der Waals surface area contributed by atoms with E-state index < -0.39 is 0 Å². The number of anilines is 1. The lowest BCUT2D eigenvalue weighted by Crippen LogP contribution is -2.23. The van der Waals surface area contributed by atoms with Gasteiger partial charge in [0.15, 0.2) is 5.69 Å². The topological polar surface area (TPSA) is 76.0 Å². The first-order valence-corrected chi connectivity index (χ1v) is 8.45. The van der Waals surface area contributed by atoms with Crippen LogP contribution in [0.2, 0.25) is 0 Å². The first-order chi connectivity index (χ1) is 12.7. The summed E-state index contributed by atoms with van der Waals surface area (Å²) in [6.07, 6.45) is 0.343. The number of carbonyl (C=O) groups excluding carboxylic acids is 2.